The molecule has 34 heavy (non-hydrogen) atoms. The first-order chi connectivity index (χ1) is 16.6. The van der Waals surface area contributed by atoms with Crippen molar-refractivity contribution in [3.8, 4) is 11.3 Å². The molecule has 1 aliphatic rings. The molecule has 3 aromatic rings. The van der Waals surface area contributed by atoms with Crippen molar-refractivity contribution >= 4 is 12.0 Å². The van der Waals surface area contributed by atoms with E-state index in [9.17, 15) is 9.59 Å². The van der Waals surface area contributed by atoms with Gasteiger partial charge in [0.15, 0.2) is 0 Å². The van der Waals surface area contributed by atoms with Crippen molar-refractivity contribution in [3.63, 3.8) is 0 Å². The zero-order valence-corrected chi connectivity index (χ0v) is 20.0. The second-order valence-corrected chi connectivity index (χ2v) is 8.68. The Morgan fingerprint density at radius 3 is 2.29 bits per heavy atom. The Morgan fingerprint density at radius 1 is 0.882 bits per heavy atom. The van der Waals surface area contributed by atoms with Crippen LogP contribution in [0, 0.1) is 0 Å². The van der Waals surface area contributed by atoms with Gasteiger partial charge in [0.25, 0.3) is 0 Å². The first-order valence-electron chi connectivity index (χ1n) is 12.1. The smallest absolute Gasteiger partial charge is 0.407 e. The van der Waals surface area contributed by atoms with E-state index in [1.165, 1.54) is 11.1 Å². The summed E-state index contributed by atoms with van der Waals surface area (Å²) < 4.78 is 7.95. The van der Waals surface area contributed by atoms with Crippen molar-refractivity contribution in [1.29, 1.82) is 0 Å². The van der Waals surface area contributed by atoms with Crippen LogP contribution in [0.2, 0.25) is 0 Å². The van der Waals surface area contributed by atoms with E-state index in [4.69, 9.17) is 4.74 Å². The number of carbonyl (C=O) groups excluding carboxylic acids is 2. The second-order valence-electron chi connectivity index (χ2n) is 8.68. The SMILES string of the molecule is CCCNC(=O)Cc1c(COC(=O)NCCC)c2n(c1-c1ccccc1)Cc1ccccc1C2. The number of hydrogen-bond acceptors (Lipinski definition) is 3. The lowest BCUT2D eigenvalue weighted by Gasteiger charge is -2.22. The number of nitrogens with zero attached hydrogens (tertiary/aromatic N) is 1. The fourth-order valence-electron chi connectivity index (χ4n) is 4.58. The van der Waals surface area contributed by atoms with Crippen molar-refractivity contribution in [3.05, 3.63) is 82.5 Å². The molecule has 2 heterocycles. The van der Waals surface area contributed by atoms with Gasteiger partial charge in [-0.3, -0.25) is 4.79 Å². The predicted octanol–water partition coefficient (Wildman–Crippen LogP) is 4.81. The predicted molar refractivity (Wildman–Crippen MR) is 134 cm³/mol. The van der Waals surface area contributed by atoms with E-state index in [1.54, 1.807) is 0 Å². The molecule has 0 saturated heterocycles. The standard InChI is InChI=1S/C28H33N3O3/c1-3-14-29-26(32)17-23-24(19-34-28(33)30-15-4-2)25-16-21-12-8-9-13-22(21)18-31(25)27(23)20-10-6-5-7-11-20/h5-13H,3-4,14-19H2,1-2H3,(H,29,32)(H,30,33). The Hall–Kier alpha value is -3.54. The minimum Gasteiger partial charge on any atom is -0.445 e. The number of rotatable bonds is 9. The van der Waals surface area contributed by atoms with Gasteiger partial charge in [0.05, 0.1) is 12.1 Å². The van der Waals surface area contributed by atoms with E-state index < -0.39 is 6.09 Å². The monoisotopic (exact) mass is 459 g/mol. The van der Waals surface area contributed by atoms with E-state index in [2.05, 4.69) is 51.6 Å². The summed E-state index contributed by atoms with van der Waals surface area (Å²) in [7, 11) is 0. The lowest BCUT2D eigenvalue weighted by atomic mass is 9.96. The fraction of sp³-hybridized carbons (Fsp3) is 0.357. The minimum atomic E-state index is -0.430. The highest BCUT2D eigenvalue weighted by molar-refractivity contribution is 5.83. The third-order valence-corrected chi connectivity index (χ3v) is 6.22. The van der Waals surface area contributed by atoms with Crippen LogP contribution >= 0.6 is 0 Å². The average Bonchev–Trinajstić information content (AvgIpc) is 3.15. The molecule has 0 spiro atoms. The van der Waals surface area contributed by atoms with Crippen molar-refractivity contribution in [2.45, 2.75) is 52.7 Å². The number of fused-ring (bicyclic) bond motifs is 2. The number of ether oxygens (including phenoxy) is 1. The van der Waals surface area contributed by atoms with Gasteiger partial charge < -0.3 is 19.9 Å². The lowest BCUT2D eigenvalue weighted by Crippen LogP contribution is -2.27. The molecule has 0 radical (unpaired) electrons. The highest BCUT2D eigenvalue weighted by Gasteiger charge is 2.29. The number of alkyl carbamates (subject to hydrolysis) is 1. The summed E-state index contributed by atoms with van der Waals surface area (Å²) in [4.78, 5) is 25.2. The first kappa shape index (κ1) is 23.6. The maximum atomic E-state index is 12.9. The number of nitrogens with one attached hydrogen (secondary N) is 2. The summed E-state index contributed by atoms with van der Waals surface area (Å²) in [6.45, 7) is 6.11. The number of carbonyl (C=O) groups is 2. The summed E-state index contributed by atoms with van der Waals surface area (Å²) in [5, 5.41) is 5.79. The third-order valence-electron chi connectivity index (χ3n) is 6.22. The summed E-state index contributed by atoms with van der Waals surface area (Å²) in [5.41, 5.74) is 7.62. The molecular weight excluding hydrogens is 426 g/mol. The Balaban J connectivity index is 1.79. The van der Waals surface area contributed by atoms with Crippen LogP contribution in [0.5, 0.6) is 0 Å². The zero-order chi connectivity index (χ0) is 23.9. The Labute approximate surface area is 201 Å². The zero-order valence-electron chi connectivity index (χ0n) is 20.0. The Kier molecular flexibility index (Phi) is 7.68. The van der Waals surface area contributed by atoms with Gasteiger partial charge in [0.2, 0.25) is 5.91 Å². The highest BCUT2D eigenvalue weighted by atomic mass is 16.5. The minimum absolute atomic E-state index is 0.0174. The number of benzene rings is 2. The van der Waals surface area contributed by atoms with Gasteiger partial charge in [0.1, 0.15) is 6.61 Å². The van der Waals surface area contributed by atoms with Crippen LogP contribution in [0.4, 0.5) is 4.79 Å². The van der Waals surface area contributed by atoms with Crippen LogP contribution < -0.4 is 10.6 Å². The molecule has 2 N–H and O–H groups in total. The van der Waals surface area contributed by atoms with Gasteiger partial charge in [-0.05, 0) is 35.1 Å². The van der Waals surface area contributed by atoms with Crippen molar-refractivity contribution in [1.82, 2.24) is 15.2 Å². The Morgan fingerprint density at radius 2 is 1.56 bits per heavy atom. The molecular formula is C28H33N3O3. The van der Waals surface area contributed by atoms with Gasteiger partial charge in [0, 0.05) is 37.3 Å². The van der Waals surface area contributed by atoms with Crippen molar-refractivity contribution < 1.29 is 14.3 Å². The summed E-state index contributed by atoms with van der Waals surface area (Å²) in [5.74, 6) is -0.0174. The van der Waals surface area contributed by atoms with Gasteiger partial charge in [-0.25, -0.2) is 4.79 Å². The molecule has 6 nitrogen and oxygen atoms in total. The largest absolute Gasteiger partial charge is 0.445 e. The normalized spacial score (nSPS) is 11.9. The van der Waals surface area contributed by atoms with E-state index >= 15 is 0 Å². The van der Waals surface area contributed by atoms with Gasteiger partial charge in [-0.1, -0.05) is 68.4 Å². The molecule has 2 amide bonds. The summed E-state index contributed by atoms with van der Waals surface area (Å²) in [6, 6.07) is 18.6. The van der Waals surface area contributed by atoms with Crippen molar-refractivity contribution in [2.24, 2.45) is 0 Å². The molecule has 1 aromatic heterocycles. The molecule has 178 valence electrons. The summed E-state index contributed by atoms with van der Waals surface area (Å²) >= 11 is 0. The molecule has 0 atom stereocenters. The summed E-state index contributed by atoms with van der Waals surface area (Å²) in [6.07, 6.45) is 2.28. The molecule has 0 aliphatic carbocycles. The number of aromatic nitrogens is 1. The van der Waals surface area contributed by atoms with Crippen molar-refractivity contribution in [2.75, 3.05) is 13.1 Å². The molecule has 1 aliphatic heterocycles. The van der Waals surface area contributed by atoms with Crippen LogP contribution in [-0.4, -0.2) is 29.7 Å². The van der Waals surface area contributed by atoms with E-state index in [1.807, 2.05) is 32.0 Å². The first-order valence-corrected chi connectivity index (χ1v) is 12.1. The van der Waals surface area contributed by atoms with Crippen LogP contribution in [0.15, 0.2) is 54.6 Å². The molecule has 0 bridgehead atoms. The van der Waals surface area contributed by atoms with Gasteiger partial charge in [-0.15, -0.1) is 0 Å². The van der Waals surface area contributed by atoms with E-state index in [0.717, 1.165) is 53.9 Å². The van der Waals surface area contributed by atoms with Gasteiger partial charge >= 0.3 is 6.09 Å². The second kappa shape index (κ2) is 11.1. The van der Waals surface area contributed by atoms with Gasteiger partial charge in [-0.2, -0.15) is 0 Å². The highest BCUT2D eigenvalue weighted by Crippen LogP contribution is 2.38. The van der Waals surface area contributed by atoms with Crippen LogP contribution in [0.3, 0.4) is 0 Å². The van der Waals surface area contributed by atoms with Crippen LogP contribution in [0.1, 0.15) is 54.6 Å². The fourth-order valence-corrected chi connectivity index (χ4v) is 4.58. The average molecular weight is 460 g/mol. The maximum absolute atomic E-state index is 12.9. The molecule has 6 heteroatoms. The van der Waals surface area contributed by atoms with E-state index in [0.29, 0.717) is 13.1 Å². The molecule has 4 rings (SSSR count). The molecule has 0 saturated carbocycles. The number of hydrogen-bond donors (Lipinski definition) is 2. The molecule has 0 unspecified atom stereocenters. The van der Waals surface area contributed by atoms with E-state index in [-0.39, 0.29) is 18.9 Å². The Bertz CT molecular complexity index is 1150. The molecule has 0 fully saturated rings. The number of amides is 2. The quantitative estimate of drug-likeness (QED) is 0.377. The molecule has 2 aromatic carbocycles. The van der Waals surface area contributed by atoms with Crippen LogP contribution in [-0.2, 0) is 35.5 Å². The third kappa shape index (κ3) is 5.16. The topological polar surface area (TPSA) is 72.4 Å². The lowest BCUT2D eigenvalue weighted by molar-refractivity contribution is -0.120. The van der Waals surface area contributed by atoms with Crippen LogP contribution in [0.25, 0.3) is 11.3 Å². The maximum Gasteiger partial charge on any atom is 0.407 e.